The van der Waals surface area contributed by atoms with Crippen molar-refractivity contribution in [1.29, 1.82) is 0 Å². The van der Waals surface area contributed by atoms with Crippen LogP contribution >= 0.6 is 24.0 Å². The molecular weight excluding hydrogens is 455 g/mol. The van der Waals surface area contributed by atoms with E-state index < -0.39 is 0 Å². The zero-order valence-electron chi connectivity index (χ0n) is 16.7. The number of amides is 1. The van der Waals surface area contributed by atoms with E-state index in [1.165, 1.54) is 17.7 Å². The van der Waals surface area contributed by atoms with Gasteiger partial charge in [-0.25, -0.2) is 0 Å². The topological polar surface area (TPSA) is 74.6 Å². The maximum atomic E-state index is 12.3. The van der Waals surface area contributed by atoms with Crippen molar-refractivity contribution in [1.82, 2.24) is 25.3 Å². The van der Waals surface area contributed by atoms with E-state index in [-0.39, 0.29) is 29.9 Å². The van der Waals surface area contributed by atoms with Crippen LogP contribution in [-0.2, 0) is 17.6 Å². The molecule has 1 amide bonds. The van der Waals surface area contributed by atoms with Gasteiger partial charge in [-0.3, -0.25) is 14.5 Å². The zero-order valence-corrected chi connectivity index (χ0v) is 19.0. The second-order valence-electron chi connectivity index (χ2n) is 7.63. The first-order valence-electron chi connectivity index (χ1n) is 9.88. The Hall–Kier alpha value is -1.32. The van der Waals surface area contributed by atoms with Gasteiger partial charge in [0.25, 0.3) is 0 Å². The predicted molar refractivity (Wildman–Crippen MR) is 119 cm³/mol. The highest BCUT2D eigenvalue weighted by molar-refractivity contribution is 14.0. The molecule has 152 valence electrons. The van der Waals surface area contributed by atoms with Crippen LogP contribution in [0, 0.1) is 0 Å². The van der Waals surface area contributed by atoms with Gasteiger partial charge in [0.1, 0.15) is 0 Å². The lowest BCUT2D eigenvalue weighted by Crippen LogP contribution is -2.49. The number of aryl methyl sites for hydroxylation is 1. The molecule has 2 heterocycles. The molecule has 27 heavy (non-hydrogen) atoms. The summed E-state index contributed by atoms with van der Waals surface area (Å²) in [6.07, 6.45) is 8.63. The van der Waals surface area contributed by atoms with Crippen molar-refractivity contribution in [2.75, 3.05) is 26.7 Å². The van der Waals surface area contributed by atoms with E-state index in [9.17, 15) is 4.79 Å². The summed E-state index contributed by atoms with van der Waals surface area (Å²) in [6.45, 7) is 6.38. The number of nitrogens with one attached hydrogen (secondary N) is 2. The van der Waals surface area contributed by atoms with Crippen molar-refractivity contribution in [2.45, 2.75) is 64.5 Å². The summed E-state index contributed by atoms with van der Waals surface area (Å²) < 4.78 is 2.05. The van der Waals surface area contributed by atoms with Crippen molar-refractivity contribution in [2.24, 2.45) is 4.99 Å². The molecule has 1 unspecified atom stereocenters. The number of aromatic nitrogens is 2. The van der Waals surface area contributed by atoms with Crippen LogP contribution in [0.3, 0.4) is 0 Å². The molecule has 2 N–H and O–H groups in total. The Morgan fingerprint density at radius 2 is 2.07 bits per heavy atom. The van der Waals surface area contributed by atoms with E-state index in [0.29, 0.717) is 24.6 Å². The Labute approximate surface area is 179 Å². The largest absolute Gasteiger partial charge is 0.353 e. The third-order valence-electron chi connectivity index (χ3n) is 5.31. The van der Waals surface area contributed by atoms with Crippen LogP contribution in [0.1, 0.15) is 56.8 Å². The molecule has 1 saturated heterocycles. The lowest BCUT2D eigenvalue weighted by atomic mass is 9.94. The molecular formula is C19H33IN6O. The summed E-state index contributed by atoms with van der Waals surface area (Å²) in [7, 11) is 1.75. The van der Waals surface area contributed by atoms with Crippen LogP contribution in [0.5, 0.6) is 0 Å². The molecule has 0 saturated carbocycles. The van der Waals surface area contributed by atoms with Gasteiger partial charge in [-0.1, -0.05) is 0 Å². The van der Waals surface area contributed by atoms with Crippen molar-refractivity contribution in [3.8, 4) is 0 Å². The molecule has 0 aromatic carbocycles. The van der Waals surface area contributed by atoms with Gasteiger partial charge < -0.3 is 15.5 Å². The highest BCUT2D eigenvalue weighted by Crippen LogP contribution is 2.21. The lowest BCUT2D eigenvalue weighted by molar-refractivity contribution is -0.130. The Morgan fingerprint density at radius 1 is 1.33 bits per heavy atom. The number of carbonyl (C=O) groups is 1. The Balaban J connectivity index is 0.00000261. The molecule has 2 aliphatic rings. The van der Waals surface area contributed by atoms with Crippen molar-refractivity contribution in [3.63, 3.8) is 0 Å². The van der Waals surface area contributed by atoms with Crippen LogP contribution in [0.2, 0.25) is 0 Å². The number of fused-ring (bicyclic) bond motifs is 1. The van der Waals surface area contributed by atoms with E-state index in [1.807, 2.05) is 4.90 Å². The summed E-state index contributed by atoms with van der Waals surface area (Å²) >= 11 is 0. The number of aliphatic imine (C=N–C) groups is 1. The fraction of sp³-hybridized carbons (Fsp3) is 0.737. The quantitative estimate of drug-likeness (QED) is 0.387. The van der Waals surface area contributed by atoms with E-state index in [2.05, 4.69) is 40.4 Å². The molecule has 7 nitrogen and oxygen atoms in total. The third kappa shape index (κ3) is 5.83. The maximum Gasteiger partial charge on any atom is 0.241 e. The maximum absolute atomic E-state index is 12.3. The summed E-state index contributed by atoms with van der Waals surface area (Å²) in [5, 5.41) is 11.4. The number of rotatable bonds is 4. The van der Waals surface area contributed by atoms with Gasteiger partial charge in [0.2, 0.25) is 5.91 Å². The average molecular weight is 488 g/mol. The number of hydrogen-bond donors (Lipinski definition) is 2. The van der Waals surface area contributed by atoms with Gasteiger partial charge in [-0.05, 0) is 51.5 Å². The van der Waals surface area contributed by atoms with Gasteiger partial charge in [0.15, 0.2) is 5.96 Å². The molecule has 0 radical (unpaired) electrons. The SMILES string of the molecule is CN=C(NCC(=O)N1CCCCC1)NC1CCc2cn(C(C)C)nc2C1.I. The van der Waals surface area contributed by atoms with Crippen LogP contribution in [0.4, 0.5) is 0 Å². The van der Waals surface area contributed by atoms with Gasteiger partial charge in [0, 0.05) is 44.8 Å². The van der Waals surface area contributed by atoms with Gasteiger partial charge >= 0.3 is 0 Å². The van der Waals surface area contributed by atoms with Crippen LogP contribution in [-0.4, -0.2) is 59.3 Å². The minimum atomic E-state index is 0. The van der Waals surface area contributed by atoms with E-state index >= 15 is 0 Å². The molecule has 0 spiro atoms. The van der Waals surface area contributed by atoms with Crippen molar-refractivity contribution >= 4 is 35.8 Å². The monoisotopic (exact) mass is 488 g/mol. The second-order valence-corrected chi connectivity index (χ2v) is 7.63. The van der Waals surface area contributed by atoms with Crippen LogP contribution in [0.25, 0.3) is 0 Å². The number of carbonyl (C=O) groups excluding carboxylic acids is 1. The number of nitrogens with zero attached hydrogens (tertiary/aromatic N) is 4. The number of piperidine rings is 1. The summed E-state index contributed by atoms with van der Waals surface area (Å²) in [5.41, 5.74) is 2.54. The highest BCUT2D eigenvalue weighted by Gasteiger charge is 2.23. The normalized spacial score (nSPS) is 20.1. The van der Waals surface area contributed by atoms with Crippen LogP contribution in [0.15, 0.2) is 11.2 Å². The molecule has 1 aromatic heterocycles. The Bertz CT molecular complexity index is 651. The van der Waals surface area contributed by atoms with Gasteiger partial charge in [-0.15, -0.1) is 24.0 Å². The standard InChI is InChI=1S/C19H32N6O.HI/c1-14(2)25-13-15-7-8-16(11-17(15)23-25)22-19(20-3)21-12-18(26)24-9-5-4-6-10-24;/h13-14,16H,4-12H2,1-3H3,(H2,20,21,22);1H. The highest BCUT2D eigenvalue weighted by atomic mass is 127. The molecule has 1 aliphatic heterocycles. The first kappa shape index (κ1) is 22.0. The molecule has 8 heteroatoms. The van der Waals surface area contributed by atoms with E-state index in [4.69, 9.17) is 5.10 Å². The number of hydrogen-bond acceptors (Lipinski definition) is 3. The van der Waals surface area contributed by atoms with E-state index in [1.54, 1.807) is 7.05 Å². The molecule has 0 bridgehead atoms. The summed E-state index contributed by atoms with van der Waals surface area (Å²) in [4.78, 5) is 18.5. The average Bonchev–Trinajstić information content (AvgIpc) is 3.09. The van der Waals surface area contributed by atoms with Crippen molar-refractivity contribution < 1.29 is 4.79 Å². The summed E-state index contributed by atoms with van der Waals surface area (Å²) in [6, 6.07) is 0.691. The Morgan fingerprint density at radius 3 is 2.74 bits per heavy atom. The minimum absolute atomic E-state index is 0. The number of guanidine groups is 1. The third-order valence-corrected chi connectivity index (χ3v) is 5.31. The predicted octanol–water partition coefficient (Wildman–Crippen LogP) is 2.12. The fourth-order valence-electron chi connectivity index (χ4n) is 3.70. The number of halogens is 1. The molecule has 1 aliphatic carbocycles. The Kier molecular flexibility index (Phi) is 8.37. The molecule has 1 aromatic rings. The molecule has 1 fully saturated rings. The number of likely N-dealkylation sites (tertiary alicyclic amines) is 1. The van der Waals surface area contributed by atoms with Crippen LogP contribution < -0.4 is 10.6 Å². The van der Waals surface area contributed by atoms with Crippen molar-refractivity contribution in [3.05, 3.63) is 17.5 Å². The van der Waals surface area contributed by atoms with Gasteiger partial charge in [-0.2, -0.15) is 5.10 Å². The smallest absolute Gasteiger partial charge is 0.241 e. The summed E-state index contributed by atoms with van der Waals surface area (Å²) in [5.74, 6) is 0.862. The minimum Gasteiger partial charge on any atom is -0.353 e. The molecule has 3 rings (SSSR count). The first-order chi connectivity index (χ1) is 12.6. The fourth-order valence-corrected chi connectivity index (χ4v) is 3.70. The van der Waals surface area contributed by atoms with Gasteiger partial charge in [0.05, 0.1) is 12.2 Å². The second kappa shape index (κ2) is 10.3. The molecule has 1 atom stereocenters. The first-order valence-corrected chi connectivity index (χ1v) is 9.88. The lowest BCUT2D eigenvalue weighted by Gasteiger charge is -2.28. The van der Waals surface area contributed by atoms with E-state index in [0.717, 1.165) is 45.2 Å². The zero-order chi connectivity index (χ0) is 18.5.